The first kappa shape index (κ1) is 20.7. The molecule has 0 atom stereocenters. The molecule has 2 heterocycles. The minimum absolute atomic E-state index is 0.0156. The van der Waals surface area contributed by atoms with E-state index in [1.54, 1.807) is 30.5 Å². The molecule has 1 aromatic carbocycles. The van der Waals surface area contributed by atoms with E-state index < -0.39 is 11.7 Å². The Bertz CT molecular complexity index is 1120. The van der Waals surface area contributed by atoms with Gasteiger partial charge in [-0.1, -0.05) is 6.07 Å². The summed E-state index contributed by atoms with van der Waals surface area (Å²) in [7, 11) is 0. The van der Waals surface area contributed by atoms with Gasteiger partial charge in [0.2, 0.25) is 5.91 Å². The van der Waals surface area contributed by atoms with Crippen LogP contribution in [0.1, 0.15) is 40.3 Å². The Hall–Kier alpha value is -4.06. The van der Waals surface area contributed by atoms with E-state index in [1.807, 2.05) is 0 Å². The minimum Gasteiger partial charge on any atom is -0.366 e. The number of halogens is 1. The highest BCUT2D eigenvalue weighted by Crippen LogP contribution is 2.20. The van der Waals surface area contributed by atoms with Crippen molar-refractivity contribution >= 4 is 11.8 Å². The molecule has 0 saturated carbocycles. The van der Waals surface area contributed by atoms with Crippen molar-refractivity contribution in [3.63, 3.8) is 0 Å². The number of rotatable bonds is 8. The van der Waals surface area contributed by atoms with Crippen molar-refractivity contribution < 1.29 is 14.0 Å². The number of nitrogens with zero attached hydrogens (tertiary/aromatic N) is 3. The summed E-state index contributed by atoms with van der Waals surface area (Å²) in [6.45, 7) is 0.118. The largest absolute Gasteiger partial charge is 0.366 e. The Morgan fingerprint density at radius 3 is 2.83 bits per heavy atom. The highest BCUT2D eigenvalue weighted by Gasteiger charge is 2.11. The van der Waals surface area contributed by atoms with Crippen molar-refractivity contribution in [2.24, 2.45) is 5.73 Å². The maximum absolute atomic E-state index is 13.8. The van der Waals surface area contributed by atoms with Gasteiger partial charge in [0.15, 0.2) is 0 Å². The Morgan fingerprint density at radius 1 is 1.27 bits per heavy atom. The van der Waals surface area contributed by atoms with Gasteiger partial charge in [0.25, 0.3) is 5.91 Å². The predicted molar refractivity (Wildman–Crippen MR) is 106 cm³/mol. The first-order chi connectivity index (χ1) is 14.5. The van der Waals surface area contributed by atoms with E-state index in [9.17, 15) is 14.0 Å². The van der Waals surface area contributed by atoms with Crippen molar-refractivity contribution in [3.8, 4) is 17.3 Å². The third-order valence-electron chi connectivity index (χ3n) is 4.46. The Balaban J connectivity index is 1.49. The summed E-state index contributed by atoms with van der Waals surface area (Å²) >= 11 is 0. The van der Waals surface area contributed by atoms with Crippen LogP contribution < -0.4 is 11.1 Å². The van der Waals surface area contributed by atoms with Crippen molar-refractivity contribution in [1.29, 1.82) is 5.26 Å². The fourth-order valence-electron chi connectivity index (χ4n) is 2.90. The molecule has 3 aromatic rings. The molecule has 0 fully saturated rings. The Kier molecular flexibility index (Phi) is 6.49. The van der Waals surface area contributed by atoms with Gasteiger partial charge in [-0.05, 0) is 30.7 Å². The molecule has 0 aliphatic carbocycles. The van der Waals surface area contributed by atoms with Crippen LogP contribution in [-0.2, 0) is 17.8 Å². The molecule has 30 heavy (non-hydrogen) atoms. The van der Waals surface area contributed by atoms with Crippen LogP contribution in [0.3, 0.4) is 0 Å². The van der Waals surface area contributed by atoms with Crippen LogP contribution >= 0.6 is 0 Å². The van der Waals surface area contributed by atoms with Crippen LogP contribution in [0.4, 0.5) is 4.39 Å². The fourth-order valence-corrected chi connectivity index (χ4v) is 2.90. The van der Waals surface area contributed by atoms with E-state index in [0.717, 1.165) is 0 Å². The lowest BCUT2D eigenvalue weighted by atomic mass is 10.1. The molecule has 3 rings (SSSR count). The molecule has 4 N–H and O–H groups in total. The smallest absolute Gasteiger partial charge is 0.250 e. The maximum atomic E-state index is 13.8. The molecule has 0 saturated heterocycles. The number of nitrogens with one attached hydrogen (secondary N) is 2. The van der Waals surface area contributed by atoms with Crippen LogP contribution in [0.5, 0.6) is 0 Å². The van der Waals surface area contributed by atoms with Gasteiger partial charge in [-0.2, -0.15) is 5.26 Å². The van der Waals surface area contributed by atoms with Gasteiger partial charge in [0.1, 0.15) is 17.7 Å². The van der Waals surface area contributed by atoms with Crippen LogP contribution in [0.25, 0.3) is 11.3 Å². The molecule has 152 valence electrons. The maximum Gasteiger partial charge on any atom is 0.250 e. The van der Waals surface area contributed by atoms with Crippen LogP contribution in [0, 0.1) is 17.1 Å². The highest BCUT2D eigenvalue weighted by molar-refractivity contribution is 5.93. The standard InChI is InChI=1S/C21H19FN6O2/c22-16-9-13(6-7-14(16)10-23)17-11-26-19(28-17)4-1-5-20(29)27-12-18-15(21(24)30)3-2-8-25-18/h2-3,6-9,11H,1,4-5,12H2,(H2,24,30)(H,26,28)(H,27,29). The summed E-state index contributed by atoms with van der Waals surface area (Å²) in [5, 5.41) is 11.5. The van der Waals surface area contributed by atoms with E-state index in [1.165, 1.54) is 18.3 Å². The average Bonchev–Trinajstić information content (AvgIpc) is 3.21. The number of aromatic nitrogens is 3. The molecule has 0 radical (unpaired) electrons. The average molecular weight is 406 g/mol. The van der Waals surface area contributed by atoms with E-state index in [2.05, 4.69) is 20.3 Å². The number of benzene rings is 1. The molecular weight excluding hydrogens is 387 g/mol. The summed E-state index contributed by atoms with van der Waals surface area (Å²) in [4.78, 5) is 34.8. The zero-order valence-corrected chi connectivity index (χ0v) is 16.0. The zero-order valence-electron chi connectivity index (χ0n) is 16.0. The monoisotopic (exact) mass is 406 g/mol. The molecule has 0 aliphatic heterocycles. The Morgan fingerprint density at radius 2 is 2.10 bits per heavy atom. The topological polar surface area (TPSA) is 138 Å². The first-order valence-electron chi connectivity index (χ1n) is 9.22. The van der Waals surface area contributed by atoms with Crippen molar-refractivity contribution in [2.45, 2.75) is 25.8 Å². The van der Waals surface area contributed by atoms with Gasteiger partial charge < -0.3 is 16.0 Å². The lowest BCUT2D eigenvalue weighted by Gasteiger charge is -2.07. The van der Waals surface area contributed by atoms with Crippen LogP contribution in [0.15, 0.2) is 42.7 Å². The van der Waals surface area contributed by atoms with Gasteiger partial charge in [0.05, 0.1) is 35.3 Å². The third-order valence-corrected chi connectivity index (χ3v) is 4.46. The normalized spacial score (nSPS) is 10.4. The van der Waals surface area contributed by atoms with Crippen molar-refractivity contribution in [3.05, 3.63) is 71.2 Å². The first-order valence-corrected chi connectivity index (χ1v) is 9.22. The predicted octanol–water partition coefficient (Wildman–Crippen LogP) is 2.22. The quantitative estimate of drug-likeness (QED) is 0.527. The summed E-state index contributed by atoms with van der Waals surface area (Å²) in [6, 6.07) is 9.29. The van der Waals surface area contributed by atoms with E-state index in [4.69, 9.17) is 11.0 Å². The fraction of sp³-hybridized carbons (Fsp3) is 0.190. The van der Waals surface area contributed by atoms with E-state index in [-0.39, 0.29) is 30.0 Å². The molecule has 8 nitrogen and oxygen atoms in total. The number of primary amides is 1. The lowest BCUT2D eigenvalue weighted by molar-refractivity contribution is -0.121. The molecule has 2 aromatic heterocycles. The number of aromatic amines is 1. The van der Waals surface area contributed by atoms with Crippen LogP contribution in [-0.4, -0.2) is 26.8 Å². The van der Waals surface area contributed by atoms with E-state index >= 15 is 0 Å². The minimum atomic E-state index is -0.594. The zero-order chi connectivity index (χ0) is 21.5. The van der Waals surface area contributed by atoms with Gasteiger partial charge in [0, 0.05) is 24.6 Å². The van der Waals surface area contributed by atoms with Crippen LogP contribution in [0.2, 0.25) is 0 Å². The highest BCUT2D eigenvalue weighted by atomic mass is 19.1. The summed E-state index contributed by atoms with van der Waals surface area (Å²) < 4.78 is 13.8. The lowest BCUT2D eigenvalue weighted by Crippen LogP contribution is -2.25. The second kappa shape index (κ2) is 9.43. The third kappa shape index (κ3) is 5.05. The van der Waals surface area contributed by atoms with Gasteiger partial charge in [-0.15, -0.1) is 0 Å². The molecular formula is C21H19FN6O2. The van der Waals surface area contributed by atoms with Gasteiger partial charge in [-0.25, -0.2) is 9.37 Å². The molecule has 0 bridgehead atoms. The molecule has 9 heteroatoms. The second-order valence-corrected chi connectivity index (χ2v) is 6.54. The molecule has 0 spiro atoms. The molecule has 0 aliphatic rings. The number of aryl methyl sites for hydroxylation is 1. The Labute approximate surface area is 172 Å². The summed E-state index contributed by atoms with van der Waals surface area (Å²) in [5.74, 6) is -0.696. The molecule has 0 unspecified atom stereocenters. The number of carbonyl (C=O) groups is 2. The van der Waals surface area contributed by atoms with E-state index in [0.29, 0.717) is 35.6 Å². The summed E-state index contributed by atoms with van der Waals surface area (Å²) in [5.41, 5.74) is 7.20. The SMILES string of the molecule is N#Cc1ccc(-c2cnc(CCCC(=O)NCc3ncccc3C(N)=O)[nH]2)cc1F. The van der Waals surface area contributed by atoms with Crippen molar-refractivity contribution in [2.75, 3.05) is 0 Å². The number of pyridine rings is 1. The number of H-pyrrole nitrogens is 1. The number of nitriles is 1. The van der Waals surface area contributed by atoms with Crippen molar-refractivity contribution in [1.82, 2.24) is 20.3 Å². The van der Waals surface area contributed by atoms with Gasteiger partial charge >= 0.3 is 0 Å². The number of hydrogen-bond donors (Lipinski definition) is 3. The second-order valence-electron chi connectivity index (χ2n) is 6.54. The number of amides is 2. The van der Waals surface area contributed by atoms with Gasteiger partial charge in [-0.3, -0.25) is 14.6 Å². The number of nitrogens with two attached hydrogens (primary N) is 1. The molecule has 2 amide bonds. The number of imidazole rings is 1. The number of carbonyl (C=O) groups excluding carboxylic acids is 2. The number of hydrogen-bond acceptors (Lipinski definition) is 5. The summed E-state index contributed by atoms with van der Waals surface area (Å²) in [6.07, 6.45) is 4.46.